The van der Waals surface area contributed by atoms with E-state index in [1.165, 1.54) is 0 Å². The maximum Gasteiger partial charge on any atom is 0.310 e. The Morgan fingerprint density at radius 1 is 0.760 bits per heavy atom. The van der Waals surface area contributed by atoms with Gasteiger partial charge in [-0.25, -0.2) is 0 Å². The molecule has 2 unspecified atom stereocenters. The molecule has 0 aromatic heterocycles. The molecule has 0 aliphatic heterocycles. The van der Waals surface area contributed by atoms with Crippen molar-refractivity contribution in [2.24, 2.45) is 11.8 Å². The van der Waals surface area contributed by atoms with Crippen LogP contribution in [-0.4, -0.2) is 34.6 Å². The van der Waals surface area contributed by atoms with Crippen LogP contribution in [0.25, 0.3) is 0 Å². The molecule has 0 saturated carbocycles. The van der Waals surface area contributed by atoms with Crippen molar-refractivity contribution in [2.45, 2.75) is 84.8 Å². The molecule has 0 fully saturated rings. The van der Waals surface area contributed by atoms with Crippen molar-refractivity contribution in [3.63, 3.8) is 0 Å². The standard InChI is InChI=1S/C19H36O4S2/c1-14(12-24)16(20)22-18(3,4)10-8-7-9-11-19(5,6)23-17(21)15(2)13-25/h14-15,24-25H,7-13H2,1-6H3. The van der Waals surface area contributed by atoms with E-state index in [-0.39, 0.29) is 23.8 Å². The van der Waals surface area contributed by atoms with Crippen LogP contribution in [0.2, 0.25) is 0 Å². The molecule has 0 aromatic carbocycles. The van der Waals surface area contributed by atoms with E-state index in [2.05, 4.69) is 25.3 Å². The van der Waals surface area contributed by atoms with Gasteiger partial charge in [-0.3, -0.25) is 9.59 Å². The second-order valence-corrected chi connectivity index (χ2v) is 8.82. The molecule has 0 rings (SSSR count). The van der Waals surface area contributed by atoms with Gasteiger partial charge in [0.2, 0.25) is 0 Å². The van der Waals surface area contributed by atoms with Crippen molar-refractivity contribution in [1.29, 1.82) is 0 Å². The van der Waals surface area contributed by atoms with E-state index in [1.54, 1.807) is 0 Å². The Balaban J connectivity index is 4.11. The molecule has 25 heavy (non-hydrogen) atoms. The molecule has 0 aliphatic carbocycles. The molecule has 0 bridgehead atoms. The summed E-state index contributed by atoms with van der Waals surface area (Å²) < 4.78 is 11.1. The van der Waals surface area contributed by atoms with Crippen LogP contribution in [0, 0.1) is 11.8 Å². The van der Waals surface area contributed by atoms with E-state index in [1.807, 2.05) is 41.5 Å². The number of esters is 2. The summed E-state index contributed by atoms with van der Waals surface area (Å²) >= 11 is 8.26. The number of hydrogen-bond donors (Lipinski definition) is 2. The third kappa shape index (κ3) is 11.1. The fourth-order valence-electron chi connectivity index (χ4n) is 2.28. The zero-order valence-corrected chi connectivity index (χ0v) is 18.4. The average molecular weight is 393 g/mol. The second kappa shape index (κ2) is 11.4. The van der Waals surface area contributed by atoms with Crippen molar-refractivity contribution in [2.75, 3.05) is 11.5 Å². The van der Waals surface area contributed by atoms with E-state index in [4.69, 9.17) is 9.47 Å². The van der Waals surface area contributed by atoms with Crippen molar-refractivity contribution in [3.8, 4) is 0 Å². The van der Waals surface area contributed by atoms with Gasteiger partial charge in [0.15, 0.2) is 0 Å². The SMILES string of the molecule is CC(CS)C(=O)OC(C)(C)CCCCCC(C)(C)OC(=O)C(C)CS. The Morgan fingerprint density at radius 3 is 1.36 bits per heavy atom. The first kappa shape index (κ1) is 24.6. The van der Waals surface area contributed by atoms with E-state index < -0.39 is 11.2 Å². The average Bonchev–Trinajstić information content (AvgIpc) is 2.51. The van der Waals surface area contributed by atoms with Crippen molar-refractivity contribution in [3.05, 3.63) is 0 Å². The summed E-state index contributed by atoms with van der Waals surface area (Å²) in [5.74, 6) is 0.247. The van der Waals surface area contributed by atoms with E-state index in [0.717, 1.165) is 32.1 Å². The van der Waals surface area contributed by atoms with Crippen molar-refractivity contribution in [1.82, 2.24) is 0 Å². The third-order valence-corrected chi connectivity index (χ3v) is 5.26. The monoisotopic (exact) mass is 392 g/mol. The predicted octanol–water partition coefficient (Wildman–Crippen LogP) is 4.71. The van der Waals surface area contributed by atoms with Crippen LogP contribution in [-0.2, 0) is 19.1 Å². The maximum absolute atomic E-state index is 11.9. The number of carbonyl (C=O) groups excluding carboxylic acids is 2. The Bertz CT molecular complexity index is 384. The third-order valence-electron chi connectivity index (χ3n) is 4.16. The Morgan fingerprint density at radius 2 is 1.08 bits per heavy atom. The van der Waals surface area contributed by atoms with Gasteiger partial charge in [0.05, 0.1) is 11.8 Å². The van der Waals surface area contributed by atoms with Gasteiger partial charge in [0.1, 0.15) is 11.2 Å². The van der Waals surface area contributed by atoms with Gasteiger partial charge in [0.25, 0.3) is 0 Å². The lowest BCUT2D eigenvalue weighted by molar-refractivity contribution is -0.161. The molecule has 0 radical (unpaired) electrons. The largest absolute Gasteiger partial charge is 0.459 e. The molecule has 0 heterocycles. The molecule has 0 aliphatic rings. The number of thiol groups is 2. The fraction of sp³-hybridized carbons (Fsp3) is 0.895. The molecule has 0 saturated heterocycles. The first-order valence-electron chi connectivity index (χ1n) is 9.11. The number of hydrogen-bond acceptors (Lipinski definition) is 6. The Hall–Kier alpha value is -0.360. The van der Waals surface area contributed by atoms with Gasteiger partial charge in [-0.15, -0.1) is 0 Å². The lowest BCUT2D eigenvalue weighted by Gasteiger charge is -2.28. The van der Waals surface area contributed by atoms with Crippen LogP contribution in [0.1, 0.15) is 73.6 Å². The number of carbonyl (C=O) groups is 2. The van der Waals surface area contributed by atoms with Crippen LogP contribution >= 0.6 is 25.3 Å². The van der Waals surface area contributed by atoms with E-state index in [0.29, 0.717) is 11.5 Å². The molecule has 2 atom stereocenters. The topological polar surface area (TPSA) is 52.6 Å². The molecule has 4 nitrogen and oxygen atoms in total. The Kier molecular flexibility index (Phi) is 11.2. The lowest BCUT2D eigenvalue weighted by Crippen LogP contribution is -2.32. The highest BCUT2D eigenvalue weighted by Gasteiger charge is 2.27. The van der Waals surface area contributed by atoms with Gasteiger partial charge in [0, 0.05) is 11.5 Å². The first-order valence-corrected chi connectivity index (χ1v) is 10.4. The highest BCUT2D eigenvalue weighted by molar-refractivity contribution is 7.80. The molecule has 148 valence electrons. The minimum Gasteiger partial charge on any atom is -0.459 e. The van der Waals surface area contributed by atoms with Crippen LogP contribution in [0.5, 0.6) is 0 Å². The molecule has 6 heteroatoms. The molecular weight excluding hydrogens is 356 g/mol. The summed E-state index contributed by atoms with van der Waals surface area (Å²) in [5.41, 5.74) is -0.920. The van der Waals surface area contributed by atoms with Gasteiger partial charge in [-0.1, -0.05) is 20.3 Å². The van der Waals surface area contributed by atoms with E-state index >= 15 is 0 Å². The predicted molar refractivity (Wildman–Crippen MR) is 109 cm³/mol. The van der Waals surface area contributed by atoms with E-state index in [9.17, 15) is 9.59 Å². The van der Waals surface area contributed by atoms with Gasteiger partial charge < -0.3 is 9.47 Å². The lowest BCUT2D eigenvalue weighted by atomic mass is 9.96. The quantitative estimate of drug-likeness (QED) is 0.287. The van der Waals surface area contributed by atoms with Crippen molar-refractivity contribution >= 4 is 37.2 Å². The molecule has 0 spiro atoms. The molecule has 0 N–H and O–H groups in total. The Labute approximate surface area is 164 Å². The van der Waals surface area contributed by atoms with Crippen LogP contribution in [0.4, 0.5) is 0 Å². The summed E-state index contributed by atoms with van der Waals surface area (Å²) in [6.07, 6.45) is 4.56. The number of unbranched alkanes of at least 4 members (excludes halogenated alkanes) is 2. The summed E-state index contributed by atoms with van der Waals surface area (Å²) in [7, 11) is 0. The van der Waals surface area contributed by atoms with Gasteiger partial charge in [-0.2, -0.15) is 25.3 Å². The molecule has 0 amide bonds. The minimum absolute atomic E-state index is 0.183. The van der Waals surface area contributed by atoms with Crippen molar-refractivity contribution < 1.29 is 19.1 Å². The maximum atomic E-state index is 11.9. The van der Waals surface area contributed by atoms with Gasteiger partial charge >= 0.3 is 11.9 Å². The highest BCUT2D eigenvalue weighted by Crippen LogP contribution is 2.24. The zero-order chi connectivity index (χ0) is 19.7. The normalized spacial score (nSPS) is 14.7. The first-order chi connectivity index (χ1) is 11.4. The summed E-state index contributed by atoms with van der Waals surface area (Å²) in [6.45, 7) is 11.4. The smallest absolute Gasteiger partial charge is 0.310 e. The zero-order valence-electron chi connectivity index (χ0n) is 16.6. The van der Waals surface area contributed by atoms with Crippen LogP contribution in [0.3, 0.4) is 0 Å². The molecule has 0 aromatic rings. The van der Waals surface area contributed by atoms with Crippen LogP contribution < -0.4 is 0 Å². The molecular formula is C19H36O4S2. The van der Waals surface area contributed by atoms with Gasteiger partial charge in [-0.05, 0) is 53.4 Å². The summed E-state index contributed by atoms with van der Waals surface area (Å²) in [5, 5.41) is 0. The number of rotatable bonds is 12. The summed E-state index contributed by atoms with van der Waals surface area (Å²) in [6, 6.07) is 0. The summed E-state index contributed by atoms with van der Waals surface area (Å²) in [4.78, 5) is 23.7. The highest BCUT2D eigenvalue weighted by atomic mass is 32.1. The number of ether oxygens (including phenoxy) is 2. The minimum atomic E-state index is -0.460. The fourth-order valence-corrected chi connectivity index (χ4v) is 2.57. The second-order valence-electron chi connectivity index (χ2n) is 8.09. The van der Waals surface area contributed by atoms with Crippen LogP contribution in [0.15, 0.2) is 0 Å².